The predicted octanol–water partition coefficient (Wildman–Crippen LogP) is 6.70. The van der Waals surface area contributed by atoms with E-state index in [1.54, 1.807) is 42.1 Å². The molecule has 0 spiro atoms. The molecule has 0 saturated heterocycles. The number of nitrogens with one attached hydrogen (secondary N) is 2. The summed E-state index contributed by atoms with van der Waals surface area (Å²) in [6.45, 7) is 1.96. The zero-order valence-electron chi connectivity index (χ0n) is 19.4. The molecule has 0 saturated carbocycles. The molecule has 0 aliphatic rings. The summed E-state index contributed by atoms with van der Waals surface area (Å²) in [7, 11) is 0. The van der Waals surface area contributed by atoms with Gasteiger partial charge >= 0.3 is 0 Å². The Morgan fingerprint density at radius 1 is 0.771 bits per heavy atom. The lowest BCUT2D eigenvalue weighted by Gasteiger charge is -2.12. The number of hydrogen-bond donors (Lipinski definition) is 2. The highest BCUT2D eigenvalue weighted by Crippen LogP contribution is 2.24. The second kappa shape index (κ2) is 11.9. The van der Waals surface area contributed by atoms with Gasteiger partial charge in [-0.25, -0.2) is 0 Å². The van der Waals surface area contributed by atoms with Crippen molar-refractivity contribution >= 4 is 35.3 Å². The van der Waals surface area contributed by atoms with Crippen LogP contribution in [0.25, 0.3) is 6.08 Å². The third-order valence-electron chi connectivity index (χ3n) is 5.38. The quantitative estimate of drug-likeness (QED) is 0.219. The third-order valence-corrected chi connectivity index (χ3v) is 6.46. The van der Waals surface area contributed by atoms with Gasteiger partial charge in [0.1, 0.15) is 5.70 Å². The molecule has 0 aromatic heterocycles. The van der Waals surface area contributed by atoms with E-state index in [2.05, 4.69) is 22.8 Å². The number of thioether (sulfide) groups is 1. The van der Waals surface area contributed by atoms with Crippen LogP contribution >= 0.6 is 11.8 Å². The second-order valence-electron chi connectivity index (χ2n) is 7.99. The van der Waals surface area contributed by atoms with Gasteiger partial charge in [0.25, 0.3) is 11.8 Å². The zero-order valence-corrected chi connectivity index (χ0v) is 20.2. The Bertz CT molecular complexity index is 1320. The fourth-order valence-corrected chi connectivity index (χ4v) is 4.27. The first-order valence-corrected chi connectivity index (χ1v) is 12.3. The van der Waals surface area contributed by atoms with Crippen molar-refractivity contribution in [2.24, 2.45) is 0 Å². The van der Waals surface area contributed by atoms with E-state index in [4.69, 9.17) is 0 Å². The number of carbonyl (C=O) groups is 2. The number of carbonyl (C=O) groups excluding carboxylic acids is 2. The molecule has 4 nitrogen and oxygen atoms in total. The summed E-state index contributed by atoms with van der Waals surface area (Å²) in [5, 5.41) is 5.69. The first-order chi connectivity index (χ1) is 17.1. The van der Waals surface area contributed by atoms with Crippen LogP contribution in [0.5, 0.6) is 0 Å². The lowest BCUT2D eigenvalue weighted by Crippen LogP contribution is -2.30. The summed E-state index contributed by atoms with van der Waals surface area (Å²) in [5.74, 6) is 0.150. The van der Waals surface area contributed by atoms with Gasteiger partial charge in [-0.2, -0.15) is 0 Å². The first-order valence-electron chi connectivity index (χ1n) is 11.3. The molecule has 4 aromatic rings. The van der Waals surface area contributed by atoms with Gasteiger partial charge in [0.15, 0.2) is 0 Å². The highest BCUT2D eigenvalue weighted by atomic mass is 32.2. The summed E-state index contributed by atoms with van der Waals surface area (Å²) in [6.07, 6.45) is 1.70. The van der Waals surface area contributed by atoms with Crippen molar-refractivity contribution in [1.29, 1.82) is 0 Å². The van der Waals surface area contributed by atoms with E-state index in [1.807, 2.05) is 79.7 Å². The van der Waals surface area contributed by atoms with E-state index in [-0.39, 0.29) is 17.5 Å². The molecule has 4 rings (SSSR count). The van der Waals surface area contributed by atoms with Crippen LogP contribution in [0.3, 0.4) is 0 Å². The molecule has 0 heterocycles. The molecule has 2 amide bonds. The van der Waals surface area contributed by atoms with Crippen LogP contribution in [0, 0.1) is 6.92 Å². The van der Waals surface area contributed by atoms with Crippen LogP contribution < -0.4 is 10.6 Å². The number of anilines is 1. The number of hydrogen-bond acceptors (Lipinski definition) is 3. The van der Waals surface area contributed by atoms with E-state index in [1.165, 1.54) is 5.56 Å². The molecule has 0 unspecified atom stereocenters. The minimum Gasteiger partial charge on any atom is -0.321 e. The van der Waals surface area contributed by atoms with Gasteiger partial charge in [-0.05, 0) is 66.1 Å². The van der Waals surface area contributed by atoms with E-state index < -0.39 is 0 Å². The summed E-state index contributed by atoms with van der Waals surface area (Å²) in [6, 6.07) is 34.6. The maximum Gasteiger partial charge on any atom is 0.272 e. The smallest absolute Gasteiger partial charge is 0.272 e. The monoisotopic (exact) mass is 478 g/mol. The summed E-state index contributed by atoms with van der Waals surface area (Å²) in [4.78, 5) is 27.1. The van der Waals surface area contributed by atoms with Crippen molar-refractivity contribution in [3.63, 3.8) is 0 Å². The average Bonchev–Trinajstić information content (AvgIpc) is 2.90. The number of rotatable bonds is 8. The van der Waals surface area contributed by atoms with Crippen molar-refractivity contribution in [2.45, 2.75) is 17.6 Å². The molecule has 0 aliphatic carbocycles. The standard InChI is InChI=1S/C30H26N2O2S/c1-22-10-8-9-15-25(22)20-28(32-29(33)24-13-6-3-7-14-24)30(34)31-26-16-18-27(19-17-26)35-21-23-11-4-2-5-12-23/h2-20H,21H2,1H3,(H,31,34)(H,32,33)/b28-20-. The van der Waals surface area contributed by atoms with Gasteiger partial charge in [0.05, 0.1) is 0 Å². The average molecular weight is 479 g/mol. The van der Waals surface area contributed by atoms with Crippen molar-refractivity contribution in [3.8, 4) is 0 Å². The third kappa shape index (κ3) is 6.95. The van der Waals surface area contributed by atoms with E-state index >= 15 is 0 Å². The van der Waals surface area contributed by atoms with E-state index in [0.717, 1.165) is 21.8 Å². The molecule has 0 radical (unpaired) electrons. The Morgan fingerprint density at radius 3 is 2.09 bits per heavy atom. The Labute approximate surface area is 210 Å². The van der Waals surface area contributed by atoms with Crippen molar-refractivity contribution in [3.05, 3.63) is 137 Å². The normalized spacial score (nSPS) is 11.1. The summed E-state index contributed by atoms with van der Waals surface area (Å²) < 4.78 is 0. The van der Waals surface area contributed by atoms with Gasteiger partial charge in [0.2, 0.25) is 0 Å². The van der Waals surface area contributed by atoms with Crippen LogP contribution in [0.2, 0.25) is 0 Å². The highest BCUT2D eigenvalue weighted by molar-refractivity contribution is 7.98. The fourth-order valence-electron chi connectivity index (χ4n) is 3.42. The van der Waals surface area contributed by atoms with Crippen LogP contribution in [0.1, 0.15) is 27.0 Å². The zero-order chi connectivity index (χ0) is 24.5. The van der Waals surface area contributed by atoms with Gasteiger partial charge in [-0.1, -0.05) is 72.8 Å². The molecule has 0 bridgehead atoms. The molecular weight excluding hydrogens is 452 g/mol. The van der Waals surface area contributed by atoms with Crippen LogP contribution in [-0.4, -0.2) is 11.8 Å². The van der Waals surface area contributed by atoms with Gasteiger partial charge in [0, 0.05) is 21.9 Å². The molecule has 0 aliphatic heterocycles. The highest BCUT2D eigenvalue weighted by Gasteiger charge is 2.15. The minimum atomic E-state index is -0.387. The van der Waals surface area contributed by atoms with Crippen LogP contribution in [0.15, 0.2) is 120 Å². The number of amides is 2. The van der Waals surface area contributed by atoms with Crippen molar-refractivity contribution < 1.29 is 9.59 Å². The molecule has 35 heavy (non-hydrogen) atoms. The Hall–Kier alpha value is -4.09. The molecule has 0 fully saturated rings. The molecule has 5 heteroatoms. The van der Waals surface area contributed by atoms with Gasteiger partial charge in [-0.3, -0.25) is 9.59 Å². The van der Waals surface area contributed by atoms with Crippen LogP contribution in [-0.2, 0) is 10.5 Å². The molecule has 0 atom stereocenters. The molecule has 4 aromatic carbocycles. The van der Waals surface area contributed by atoms with Crippen molar-refractivity contribution in [1.82, 2.24) is 5.32 Å². The summed E-state index contributed by atoms with van der Waals surface area (Å²) >= 11 is 1.74. The summed E-state index contributed by atoms with van der Waals surface area (Å²) in [5.41, 5.74) is 4.44. The topological polar surface area (TPSA) is 58.2 Å². The molecule has 174 valence electrons. The first kappa shape index (κ1) is 24.0. The Morgan fingerprint density at radius 2 is 1.40 bits per heavy atom. The minimum absolute atomic E-state index is 0.177. The number of benzene rings is 4. The van der Waals surface area contributed by atoms with Crippen LogP contribution in [0.4, 0.5) is 5.69 Å². The molecular formula is C30H26N2O2S. The van der Waals surface area contributed by atoms with Gasteiger partial charge < -0.3 is 10.6 Å². The fraction of sp³-hybridized carbons (Fsp3) is 0.0667. The van der Waals surface area contributed by atoms with Gasteiger partial charge in [-0.15, -0.1) is 11.8 Å². The van der Waals surface area contributed by atoms with E-state index in [9.17, 15) is 9.59 Å². The predicted molar refractivity (Wildman–Crippen MR) is 144 cm³/mol. The lowest BCUT2D eigenvalue weighted by atomic mass is 10.1. The maximum atomic E-state index is 13.2. The van der Waals surface area contributed by atoms with Crippen molar-refractivity contribution in [2.75, 3.05) is 5.32 Å². The number of aryl methyl sites for hydroxylation is 1. The lowest BCUT2D eigenvalue weighted by molar-refractivity contribution is -0.113. The Kier molecular flexibility index (Phi) is 8.15. The second-order valence-corrected chi connectivity index (χ2v) is 9.04. The largest absolute Gasteiger partial charge is 0.321 e. The SMILES string of the molecule is Cc1ccccc1/C=C(\NC(=O)c1ccccc1)C(=O)Nc1ccc(SCc2ccccc2)cc1. The maximum absolute atomic E-state index is 13.2. The Balaban J connectivity index is 1.48. The molecule has 2 N–H and O–H groups in total. The van der Waals surface area contributed by atoms with E-state index in [0.29, 0.717) is 11.3 Å².